The molecule has 0 bridgehead atoms. The van der Waals surface area contributed by atoms with Crippen LogP contribution in [-0.4, -0.2) is 19.9 Å². The summed E-state index contributed by atoms with van der Waals surface area (Å²) in [6.07, 6.45) is 1.52. The lowest BCUT2D eigenvalue weighted by molar-refractivity contribution is -0.141. The van der Waals surface area contributed by atoms with Gasteiger partial charge < -0.3 is 5.32 Å². The van der Waals surface area contributed by atoms with E-state index in [1.807, 2.05) is 0 Å². The second-order valence-electron chi connectivity index (χ2n) is 3.00. The van der Waals surface area contributed by atoms with Gasteiger partial charge in [-0.3, -0.25) is 9.97 Å². The van der Waals surface area contributed by atoms with E-state index in [1.165, 1.54) is 24.8 Å². The summed E-state index contributed by atoms with van der Waals surface area (Å²) in [6.45, 7) is 0. The minimum atomic E-state index is -4.52. The largest absolute Gasteiger partial charge is 0.434 e. The van der Waals surface area contributed by atoms with Gasteiger partial charge in [-0.25, -0.2) is 9.97 Å². The van der Waals surface area contributed by atoms with E-state index in [0.29, 0.717) is 12.0 Å². The number of hydrogen-bond donors (Lipinski definition) is 1. The number of rotatable bonds is 2. The number of hydrogen-bond acceptors (Lipinski definition) is 5. The average Bonchev–Trinajstić information content (AvgIpc) is 2.29. The van der Waals surface area contributed by atoms with Crippen LogP contribution in [0.4, 0.5) is 24.8 Å². The standard InChI is InChI=1S/C9H6F3N5/c10-9(11,12)6-3-14-5-8(16-6)17-7-4-13-1-2-15-7/h1-5H,(H,15,16,17). The van der Waals surface area contributed by atoms with Gasteiger partial charge in [-0.05, 0) is 0 Å². The van der Waals surface area contributed by atoms with Crippen LogP contribution in [0.15, 0.2) is 31.0 Å². The third kappa shape index (κ3) is 2.86. The van der Waals surface area contributed by atoms with Crippen LogP contribution in [0.2, 0.25) is 0 Å². The van der Waals surface area contributed by atoms with Crippen LogP contribution in [-0.2, 0) is 6.18 Å². The fraction of sp³-hybridized carbons (Fsp3) is 0.111. The van der Waals surface area contributed by atoms with Gasteiger partial charge in [0.05, 0.1) is 18.6 Å². The summed E-state index contributed by atoms with van der Waals surface area (Å²) in [5.41, 5.74) is -1.06. The first kappa shape index (κ1) is 11.2. The molecule has 0 fully saturated rings. The second kappa shape index (κ2) is 4.32. The molecule has 88 valence electrons. The van der Waals surface area contributed by atoms with E-state index in [2.05, 4.69) is 25.3 Å². The van der Waals surface area contributed by atoms with Crippen molar-refractivity contribution < 1.29 is 13.2 Å². The van der Waals surface area contributed by atoms with E-state index in [1.54, 1.807) is 0 Å². The number of halogens is 3. The molecule has 0 spiro atoms. The van der Waals surface area contributed by atoms with Crippen LogP contribution < -0.4 is 5.32 Å². The van der Waals surface area contributed by atoms with E-state index in [4.69, 9.17) is 0 Å². The third-order valence-corrected chi connectivity index (χ3v) is 1.74. The molecule has 8 heteroatoms. The maximum atomic E-state index is 12.3. The van der Waals surface area contributed by atoms with Gasteiger partial charge in [0.15, 0.2) is 11.5 Å². The van der Waals surface area contributed by atoms with E-state index in [-0.39, 0.29) is 5.82 Å². The number of alkyl halides is 3. The molecular formula is C9H6F3N5. The summed E-state index contributed by atoms with van der Waals surface area (Å²) in [7, 11) is 0. The van der Waals surface area contributed by atoms with E-state index < -0.39 is 11.9 Å². The van der Waals surface area contributed by atoms with E-state index in [9.17, 15) is 13.2 Å². The molecule has 0 aliphatic carbocycles. The van der Waals surface area contributed by atoms with Crippen molar-refractivity contribution in [1.29, 1.82) is 0 Å². The molecule has 0 unspecified atom stereocenters. The lowest BCUT2D eigenvalue weighted by atomic mass is 10.4. The fourth-order valence-electron chi connectivity index (χ4n) is 1.06. The highest BCUT2D eigenvalue weighted by molar-refractivity contribution is 5.48. The monoisotopic (exact) mass is 241 g/mol. The highest BCUT2D eigenvalue weighted by atomic mass is 19.4. The van der Waals surface area contributed by atoms with Crippen LogP contribution in [0.5, 0.6) is 0 Å². The Bertz CT molecular complexity index is 499. The quantitative estimate of drug-likeness (QED) is 0.871. The molecule has 0 aromatic carbocycles. The van der Waals surface area contributed by atoms with Crippen LogP contribution in [0.25, 0.3) is 0 Å². The van der Waals surface area contributed by atoms with Gasteiger partial charge in [0.25, 0.3) is 0 Å². The van der Waals surface area contributed by atoms with E-state index >= 15 is 0 Å². The molecule has 0 radical (unpaired) electrons. The Morgan fingerprint density at radius 3 is 2.35 bits per heavy atom. The zero-order chi connectivity index (χ0) is 12.3. The third-order valence-electron chi connectivity index (χ3n) is 1.74. The summed E-state index contributed by atoms with van der Waals surface area (Å²) in [5.74, 6) is 0.251. The van der Waals surface area contributed by atoms with Gasteiger partial charge >= 0.3 is 6.18 Å². The molecule has 1 N–H and O–H groups in total. The topological polar surface area (TPSA) is 63.6 Å². The summed E-state index contributed by atoms with van der Waals surface area (Å²) in [5, 5.41) is 2.57. The Kier molecular flexibility index (Phi) is 2.86. The van der Waals surface area contributed by atoms with Gasteiger partial charge in [0.1, 0.15) is 5.82 Å². The van der Waals surface area contributed by atoms with Gasteiger partial charge in [-0.1, -0.05) is 0 Å². The molecule has 2 aromatic rings. The zero-order valence-corrected chi connectivity index (χ0v) is 8.31. The van der Waals surface area contributed by atoms with Crippen molar-refractivity contribution in [3.05, 3.63) is 36.7 Å². The normalized spacial score (nSPS) is 11.2. The van der Waals surface area contributed by atoms with Crippen LogP contribution in [0, 0.1) is 0 Å². The minimum Gasteiger partial charge on any atom is -0.322 e. The Morgan fingerprint density at radius 2 is 1.71 bits per heavy atom. The predicted octanol–water partition coefficient (Wildman–Crippen LogP) is 2.03. The molecule has 2 rings (SSSR count). The molecule has 17 heavy (non-hydrogen) atoms. The van der Waals surface area contributed by atoms with Crippen LogP contribution in [0.1, 0.15) is 5.69 Å². The number of nitrogens with zero attached hydrogens (tertiary/aromatic N) is 4. The zero-order valence-electron chi connectivity index (χ0n) is 8.31. The molecule has 0 saturated heterocycles. The van der Waals surface area contributed by atoms with Crippen molar-refractivity contribution >= 4 is 11.6 Å². The first-order valence-electron chi connectivity index (χ1n) is 4.48. The molecular weight excluding hydrogens is 235 g/mol. The number of aromatic nitrogens is 4. The van der Waals surface area contributed by atoms with Gasteiger partial charge in [-0.15, -0.1) is 0 Å². The van der Waals surface area contributed by atoms with Crippen molar-refractivity contribution in [2.24, 2.45) is 0 Å². The van der Waals surface area contributed by atoms with Gasteiger partial charge in [-0.2, -0.15) is 13.2 Å². The molecule has 2 aromatic heterocycles. The molecule has 0 saturated carbocycles. The molecule has 2 heterocycles. The molecule has 0 amide bonds. The summed E-state index contributed by atoms with van der Waals surface area (Å²) < 4.78 is 37.0. The Morgan fingerprint density at radius 1 is 0.941 bits per heavy atom. The van der Waals surface area contributed by atoms with Gasteiger partial charge in [0, 0.05) is 12.4 Å². The first-order chi connectivity index (χ1) is 8.05. The SMILES string of the molecule is FC(F)(F)c1cncc(Nc2cnccn2)n1. The summed E-state index contributed by atoms with van der Waals surface area (Å²) in [6, 6.07) is 0. The smallest absolute Gasteiger partial charge is 0.322 e. The molecule has 0 aliphatic rings. The van der Waals surface area contributed by atoms with Crippen molar-refractivity contribution in [3.8, 4) is 0 Å². The first-order valence-corrected chi connectivity index (χ1v) is 4.48. The van der Waals surface area contributed by atoms with Crippen molar-refractivity contribution in [2.45, 2.75) is 6.18 Å². The maximum absolute atomic E-state index is 12.3. The maximum Gasteiger partial charge on any atom is 0.434 e. The molecule has 0 atom stereocenters. The van der Waals surface area contributed by atoms with E-state index in [0.717, 1.165) is 0 Å². The Balaban J connectivity index is 2.23. The van der Waals surface area contributed by atoms with Crippen LogP contribution in [0.3, 0.4) is 0 Å². The van der Waals surface area contributed by atoms with Gasteiger partial charge in [0.2, 0.25) is 0 Å². The molecule has 0 aliphatic heterocycles. The molecule has 5 nitrogen and oxygen atoms in total. The number of anilines is 2. The average molecular weight is 241 g/mol. The fourth-order valence-corrected chi connectivity index (χ4v) is 1.06. The Hall–Kier alpha value is -2.25. The minimum absolute atomic E-state index is 0.0414. The Labute approximate surface area is 93.8 Å². The lowest BCUT2D eigenvalue weighted by Gasteiger charge is -2.07. The van der Waals surface area contributed by atoms with Crippen molar-refractivity contribution in [3.63, 3.8) is 0 Å². The van der Waals surface area contributed by atoms with Crippen molar-refractivity contribution in [1.82, 2.24) is 19.9 Å². The lowest BCUT2D eigenvalue weighted by Crippen LogP contribution is -2.10. The van der Waals surface area contributed by atoms with Crippen LogP contribution >= 0.6 is 0 Å². The highest BCUT2D eigenvalue weighted by Gasteiger charge is 2.33. The highest BCUT2D eigenvalue weighted by Crippen LogP contribution is 2.27. The number of nitrogens with one attached hydrogen (secondary N) is 1. The second-order valence-corrected chi connectivity index (χ2v) is 3.00. The summed E-state index contributed by atoms with van der Waals surface area (Å²) in [4.78, 5) is 14.4. The predicted molar refractivity (Wildman–Crippen MR) is 52.3 cm³/mol. The summed E-state index contributed by atoms with van der Waals surface area (Å²) >= 11 is 0. The van der Waals surface area contributed by atoms with Crippen molar-refractivity contribution in [2.75, 3.05) is 5.32 Å².